The number of rotatable bonds is 12. The molecule has 0 amide bonds. The minimum Gasteiger partial charge on any atom is -0.456 e. The maximum Gasteiger partial charge on any atom is 0.259 e. The van der Waals surface area contributed by atoms with Gasteiger partial charge < -0.3 is 4.42 Å². The third-order valence-corrected chi connectivity index (χ3v) is 14.9. The van der Waals surface area contributed by atoms with E-state index in [9.17, 15) is 38.8 Å². The zero-order valence-electron chi connectivity index (χ0n) is 36.4. The number of hydrogen-bond donors (Lipinski definition) is 1. The molecule has 7 rings (SSSR count). The van der Waals surface area contributed by atoms with Gasteiger partial charge in [0.15, 0.2) is 28.2 Å². The molecule has 0 bridgehead atoms. The predicted molar refractivity (Wildman–Crippen MR) is 239 cm³/mol. The standard InChI is InChI=1S/C50H47F5N2O5S2/c1-26(2)32-14-11-15-33(27(3)4)39(32)23-30-19-21-36-40(24-30)62-41-25-31(56-49-34(28(5)6)16-12-17-35(49)29(7)8)20-22-37(41)43(36)38-13-9-10-18-42(38)63(58,59)57-64(60,61)50-47(54)45(52)44(51)46(53)48(50)55/h9-22,24-29,57H,23H2,1-8H3. The SMILES string of the molecule is CC(C)c1cccc(C(C)C)c1Cc1ccc2c(-c3ccccc3S(=O)(=O)NS(=O)(=O)c3c(F)c(F)c(F)c(F)c3F)c3ccc(=Nc4c(C(C)C)cccc4C(C)C)cc-3oc2c1. The van der Waals surface area contributed by atoms with Gasteiger partial charge in [0.2, 0.25) is 5.82 Å². The van der Waals surface area contributed by atoms with Crippen LogP contribution in [0.25, 0.3) is 33.4 Å². The molecule has 5 aromatic carbocycles. The summed E-state index contributed by atoms with van der Waals surface area (Å²) in [5.74, 6) is -12.1. The van der Waals surface area contributed by atoms with Crippen LogP contribution in [0.5, 0.6) is 0 Å². The van der Waals surface area contributed by atoms with E-state index in [1.54, 1.807) is 24.3 Å². The highest BCUT2D eigenvalue weighted by Crippen LogP contribution is 2.43. The topological polar surface area (TPSA) is 106 Å². The second kappa shape index (κ2) is 17.7. The monoisotopic (exact) mass is 914 g/mol. The molecule has 14 heteroatoms. The van der Waals surface area contributed by atoms with Gasteiger partial charge in [-0.2, -0.15) is 0 Å². The molecule has 334 valence electrons. The molecule has 0 aromatic heterocycles. The van der Waals surface area contributed by atoms with Crippen LogP contribution in [0.4, 0.5) is 27.6 Å². The van der Waals surface area contributed by atoms with E-state index in [0.29, 0.717) is 39.6 Å². The van der Waals surface area contributed by atoms with Crippen LogP contribution < -0.4 is 9.48 Å². The van der Waals surface area contributed by atoms with Crippen LogP contribution in [0, 0.1) is 29.1 Å². The molecule has 0 radical (unpaired) electrons. The van der Waals surface area contributed by atoms with Gasteiger partial charge >= 0.3 is 0 Å². The van der Waals surface area contributed by atoms with E-state index in [1.807, 2.05) is 30.3 Å². The molecule has 0 saturated heterocycles. The number of nitrogens with one attached hydrogen (secondary N) is 1. The van der Waals surface area contributed by atoms with Crippen LogP contribution in [0.2, 0.25) is 0 Å². The fourth-order valence-corrected chi connectivity index (χ4v) is 11.5. The third kappa shape index (κ3) is 8.62. The first-order chi connectivity index (χ1) is 30.1. The van der Waals surface area contributed by atoms with Crippen molar-refractivity contribution in [1.82, 2.24) is 4.13 Å². The van der Waals surface area contributed by atoms with E-state index in [2.05, 4.69) is 73.6 Å². The van der Waals surface area contributed by atoms with Crippen molar-refractivity contribution < 1.29 is 43.2 Å². The fraction of sp³-hybridized carbons (Fsp3) is 0.260. The molecular formula is C50H47F5N2O5S2. The summed E-state index contributed by atoms with van der Waals surface area (Å²) in [6.45, 7) is 16.9. The van der Waals surface area contributed by atoms with Gasteiger partial charge in [-0.05, 0) is 87.7 Å². The Morgan fingerprint density at radius 2 is 1.09 bits per heavy atom. The zero-order chi connectivity index (χ0) is 46.6. The molecule has 0 unspecified atom stereocenters. The maximum absolute atomic E-state index is 14.8. The Hall–Kier alpha value is -5.70. The summed E-state index contributed by atoms with van der Waals surface area (Å²) < 4.78 is 135. The summed E-state index contributed by atoms with van der Waals surface area (Å²) in [7, 11) is -11.3. The van der Waals surface area contributed by atoms with E-state index >= 15 is 0 Å². The lowest BCUT2D eigenvalue weighted by atomic mass is 9.85. The van der Waals surface area contributed by atoms with Crippen LogP contribution >= 0.6 is 0 Å². The number of nitrogens with zero attached hydrogens (tertiary/aromatic N) is 1. The second-order valence-electron chi connectivity index (χ2n) is 17.1. The van der Waals surface area contributed by atoms with Crippen LogP contribution in [0.3, 0.4) is 0 Å². The average Bonchev–Trinajstić information content (AvgIpc) is 3.23. The summed E-state index contributed by atoms with van der Waals surface area (Å²) in [5.41, 5.74) is 8.36. The van der Waals surface area contributed by atoms with Gasteiger partial charge in [0, 0.05) is 28.1 Å². The van der Waals surface area contributed by atoms with E-state index in [0.717, 1.165) is 28.4 Å². The average molecular weight is 915 g/mol. The van der Waals surface area contributed by atoms with Crippen molar-refractivity contribution in [1.29, 1.82) is 0 Å². The Morgan fingerprint density at radius 3 is 1.66 bits per heavy atom. The van der Waals surface area contributed by atoms with Gasteiger partial charge in [0.25, 0.3) is 20.0 Å². The van der Waals surface area contributed by atoms with Gasteiger partial charge in [-0.15, -0.1) is 4.13 Å². The molecule has 0 fully saturated rings. The van der Waals surface area contributed by atoms with Crippen molar-refractivity contribution in [2.45, 2.75) is 95.3 Å². The van der Waals surface area contributed by atoms with Crippen molar-refractivity contribution in [3.8, 4) is 22.5 Å². The van der Waals surface area contributed by atoms with Crippen LogP contribution in [0.15, 0.2) is 116 Å². The quantitative estimate of drug-likeness (QED) is 0.0569. The highest BCUT2D eigenvalue weighted by Gasteiger charge is 2.37. The van der Waals surface area contributed by atoms with Crippen LogP contribution in [-0.2, 0) is 26.5 Å². The van der Waals surface area contributed by atoms with Crippen LogP contribution in [0.1, 0.15) is 112 Å². The Labute approximate surface area is 370 Å². The first-order valence-electron chi connectivity index (χ1n) is 20.8. The van der Waals surface area contributed by atoms with Crippen molar-refractivity contribution in [2.75, 3.05) is 0 Å². The highest BCUT2D eigenvalue weighted by atomic mass is 32.3. The van der Waals surface area contributed by atoms with Gasteiger partial charge in [-0.1, -0.05) is 122 Å². The van der Waals surface area contributed by atoms with Gasteiger partial charge in [-0.25, -0.2) is 43.8 Å². The molecular weight excluding hydrogens is 868 g/mol. The number of hydrogen-bond acceptors (Lipinski definition) is 6. The van der Waals surface area contributed by atoms with Crippen molar-refractivity contribution in [3.63, 3.8) is 0 Å². The molecule has 0 saturated carbocycles. The lowest BCUT2D eigenvalue weighted by molar-refractivity contribution is 0.357. The molecule has 0 atom stereocenters. The lowest BCUT2D eigenvalue weighted by Gasteiger charge is -2.21. The number of halogens is 5. The number of para-hydroxylation sites is 1. The number of benzene rings is 6. The Balaban J connectivity index is 1.48. The minimum atomic E-state index is -5.95. The van der Waals surface area contributed by atoms with Crippen LogP contribution in [-0.4, -0.2) is 16.8 Å². The molecule has 5 aromatic rings. The van der Waals surface area contributed by atoms with E-state index in [-0.39, 0.29) is 29.2 Å². The molecule has 1 heterocycles. The fourth-order valence-electron chi connectivity index (χ4n) is 8.24. The Bertz CT molecular complexity index is 3150. The molecule has 7 nitrogen and oxygen atoms in total. The molecule has 2 aliphatic rings. The first-order valence-corrected chi connectivity index (χ1v) is 23.8. The summed E-state index contributed by atoms with van der Waals surface area (Å²) in [6.07, 6.45) is 0.546. The summed E-state index contributed by atoms with van der Waals surface area (Å²) in [4.78, 5) is 2.11. The number of sulfonamides is 2. The third-order valence-electron chi connectivity index (χ3n) is 11.3. The Kier molecular flexibility index (Phi) is 12.8. The lowest BCUT2D eigenvalue weighted by Crippen LogP contribution is -2.33. The molecule has 1 N–H and O–H groups in total. The largest absolute Gasteiger partial charge is 0.456 e. The first kappa shape index (κ1) is 46.3. The predicted octanol–water partition coefficient (Wildman–Crippen LogP) is 12.9. The van der Waals surface area contributed by atoms with Gasteiger partial charge in [-0.3, -0.25) is 0 Å². The van der Waals surface area contributed by atoms with Gasteiger partial charge in [0.05, 0.1) is 15.9 Å². The maximum atomic E-state index is 14.8. The summed E-state index contributed by atoms with van der Waals surface area (Å²) >= 11 is 0. The second-order valence-corrected chi connectivity index (χ2v) is 20.6. The zero-order valence-corrected chi connectivity index (χ0v) is 38.1. The van der Waals surface area contributed by atoms with Gasteiger partial charge in [0.1, 0.15) is 11.3 Å². The minimum absolute atomic E-state index is 0.0506. The van der Waals surface area contributed by atoms with E-state index < -0.39 is 58.9 Å². The molecule has 64 heavy (non-hydrogen) atoms. The number of fused-ring (bicyclic) bond motifs is 2. The molecule has 1 aliphatic heterocycles. The summed E-state index contributed by atoms with van der Waals surface area (Å²) in [5, 5.41) is 0.969. The highest BCUT2D eigenvalue weighted by molar-refractivity contribution is 8.04. The Morgan fingerprint density at radius 1 is 0.562 bits per heavy atom. The normalized spacial score (nSPS) is 12.9. The van der Waals surface area contributed by atoms with Crippen molar-refractivity contribution in [3.05, 3.63) is 165 Å². The van der Waals surface area contributed by atoms with Crippen molar-refractivity contribution >= 4 is 36.7 Å². The van der Waals surface area contributed by atoms with E-state index in [1.165, 1.54) is 39.0 Å². The van der Waals surface area contributed by atoms with E-state index in [4.69, 9.17) is 9.41 Å². The molecule has 1 aliphatic carbocycles. The molecule has 0 spiro atoms. The van der Waals surface area contributed by atoms with Crippen molar-refractivity contribution in [2.24, 2.45) is 4.99 Å². The summed E-state index contributed by atoms with van der Waals surface area (Å²) in [6, 6.07) is 28.4. The smallest absolute Gasteiger partial charge is 0.259 e.